The molecule has 112 valence electrons. The second kappa shape index (κ2) is 6.83. The lowest BCUT2D eigenvalue weighted by Crippen LogP contribution is -2.34. The molecule has 1 amide bonds. The number of carbonyl (C=O) groups excluding carboxylic acids is 1. The lowest BCUT2D eigenvalue weighted by atomic mass is 10.4. The van der Waals surface area contributed by atoms with Crippen LogP contribution in [-0.4, -0.2) is 33.6 Å². The maximum absolute atomic E-state index is 12.3. The molecule has 21 heavy (non-hydrogen) atoms. The van der Waals surface area contributed by atoms with Crippen LogP contribution in [0.1, 0.15) is 20.3 Å². The first-order chi connectivity index (χ1) is 10.2. The summed E-state index contributed by atoms with van der Waals surface area (Å²) in [4.78, 5) is 32.5. The molecule has 0 atom stereocenters. The summed E-state index contributed by atoms with van der Waals surface area (Å²) in [6, 6.07) is 3.45. The lowest BCUT2D eigenvalue weighted by Gasteiger charge is -2.11. The van der Waals surface area contributed by atoms with E-state index in [1.807, 2.05) is 6.92 Å². The number of pyridine rings is 1. The first-order valence-corrected chi connectivity index (χ1v) is 6.92. The van der Waals surface area contributed by atoms with Crippen molar-refractivity contribution >= 4 is 17.1 Å². The van der Waals surface area contributed by atoms with Crippen molar-refractivity contribution in [2.75, 3.05) is 13.2 Å². The number of nitrogens with zero attached hydrogens (tertiary/aromatic N) is 3. The second-order valence-corrected chi connectivity index (χ2v) is 4.44. The number of rotatable bonds is 6. The predicted octanol–water partition coefficient (Wildman–Crippen LogP) is 0.716. The molecule has 0 unspecified atom stereocenters. The molecule has 2 rings (SSSR count). The van der Waals surface area contributed by atoms with Gasteiger partial charge in [-0.3, -0.25) is 14.2 Å². The molecular weight excluding hydrogens is 272 g/mol. The van der Waals surface area contributed by atoms with Crippen LogP contribution in [0.25, 0.3) is 11.2 Å². The van der Waals surface area contributed by atoms with Gasteiger partial charge in [-0.1, -0.05) is 6.92 Å². The van der Waals surface area contributed by atoms with Gasteiger partial charge in [-0.05, 0) is 25.5 Å². The molecule has 0 bridgehead atoms. The van der Waals surface area contributed by atoms with Gasteiger partial charge in [0, 0.05) is 12.7 Å². The van der Waals surface area contributed by atoms with Crippen LogP contribution in [-0.2, 0) is 11.3 Å². The van der Waals surface area contributed by atoms with E-state index >= 15 is 0 Å². The van der Waals surface area contributed by atoms with Gasteiger partial charge in [-0.2, -0.15) is 0 Å². The van der Waals surface area contributed by atoms with Crippen molar-refractivity contribution in [1.82, 2.24) is 19.9 Å². The van der Waals surface area contributed by atoms with Crippen LogP contribution in [0.15, 0.2) is 23.1 Å². The molecule has 7 nitrogen and oxygen atoms in total. The molecule has 2 aromatic rings. The molecular formula is C14H18N4O3. The van der Waals surface area contributed by atoms with E-state index in [1.165, 1.54) is 4.57 Å². The van der Waals surface area contributed by atoms with E-state index in [1.54, 1.807) is 25.3 Å². The van der Waals surface area contributed by atoms with Crippen LogP contribution in [0.5, 0.6) is 5.88 Å². The first-order valence-electron chi connectivity index (χ1n) is 6.92. The van der Waals surface area contributed by atoms with Gasteiger partial charge in [0.1, 0.15) is 12.1 Å². The minimum absolute atomic E-state index is 0.0127. The summed E-state index contributed by atoms with van der Waals surface area (Å²) < 4.78 is 6.53. The average Bonchev–Trinajstić information content (AvgIpc) is 2.49. The van der Waals surface area contributed by atoms with Crippen LogP contribution in [0.4, 0.5) is 0 Å². The van der Waals surface area contributed by atoms with Crippen molar-refractivity contribution in [3.63, 3.8) is 0 Å². The molecule has 2 aromatic heterocycles. The smallest absolute Gasteiger partial charge is 0.315 e. The third-order valence-electron chi connectivity index (χ3n) is 2.83. The Morgan fingerprint density at radius 2 is 2.24 bits per heavy atom. The summed E-state index contributed by atoms with van der Waals surface area (Å²) in [6.45, 7) is 4.53. The Morgan fingerprint density at radius 1 is 1.43 bits per heavy atom. The van der Waals surface area contributed by atoms with E-state index in [2.05, 4.69) is 15.3 Å². The van der Waals surface area contributed by atoms with Gasteiger partial charge in [-0.25, -0.2) is 9.97 Å². The number of hydrogen-bond donors (Lipinski definition) is 1. The van der Waals surface area contributed by atoms with Gasteiger partial charge in [0.05, 0.1) is 6.61 Å². The standard InChI is InChI=1S/C14H18N4O3/c1-3-7-15-11(19)9-18-12-10(6-5-8-16-12)17-13(14(18)20)21-4-2/h5-6,8H,3-4,7,9H2,1-2H3,(H,15,19). The normalized spacial score (nSPS) is 10.6. The van der Waals surface area contributed by atoms with Gasteiger partial charge in [0.15, 0.2) is 5.65 Å². The summed E-state index contributed by atoms with van der Waals surface area (Å²) in [5, 5.41) is 2.74. The Kier molecular flexibility index (Phi) is 4.86. The van der Waals surface area contributed by atoms with E-state index in [9.17, 15) is 9.59 Å². The quantitative estimate of drug-likeness (QED) is 0.847. The molecule has 0 spiro atoms. The highest BCUT2D eigenvalue weighted by molar-refractivity contribution is 5.78. The van der Waals surface area contributed by atoms with Crippen molar-refractivity contribution in [2.24, 2.45) is 0 Å². The maximum Gasteiger partial charge on any atom is 0.315 e. The second-order valence-electron chi connectivity index (χ2n) is 4.44. The fraction of sp³-hybridized carbons (Fsp3) is 0.429. The average molecular weight is 290 g/mol. The minimum Gasteiger partial charge on any atom is -0.474 e. The van der Waals surface area contributed by atoms with Gasteiger partial charge in [0.2, 0.25) is 5.91 Å². The maximum atomic E-state index is 12.3. The molecule has 2 heterocycles. The van der Waals surface area contributed by atoms with Gasteiger partial charge in [-0.15, -0.1) is 0 Å². The fourth-order valence-electron chi connectivity index (χ4n) is 1.89. The van der Waals surface area contributed by atoms with Crippen LogP contribution < -0.4 is 15.6 Å². The van der Waals surface area contributed by atoms with Crippen LogP contribution in [0, 0.1) is 0 Å². The third-order valence-corrected chi connectivity index (χ3v) is 2.83. The topological polar surface area (TPSA) is 86.1 Å². The fourth-order valence-corrected chi connectivity index (χ4v) is 1.89. The Labute approximate surface area is 122 Å². The van der Waals surface area contributed by atoms with Crippen molar-refractivity contribution in [1.29, 1.82) is 0 Å². The highest BCUT2D eigenvalue weighted by Crippen LogP contribution is 2.10. The van der Waals surface area contributed by atoms with E-state index in [0.717, 1.165) is 6.42 Å². The molecule has 0 aliphatic carbocycles. The molecule has 0 fully saturated rings. The molecule has 0 radical (unpaired) electrons. The predicted molar refractivity (Wildman–Crippen MR) is 78.3 cm³/mol. The summed E-state index contributed by atoms with van der Waals surface area (Å²) >= 11 is 0. The molecule has 7 heteroatoms. The van der Waals surface area contributed by atoms with Crippen LogP contribution >= 0.6 is 0 Å². The number of aromatic nitrogens is 3. The van der Waals surface area contributed by atoms with Crippen LogP contribution in [0.2, 0.25) is 0 Å². The molecule has 0 aliphatic heterocycles. The number of nitrogens with one attached hydrogen (secondary N) is 1. The first kappa shape index (κ1) is 15.0. The molecule has 0 saturated heterocycles. The van der Waals surface area contributed by atoms with Crippen LogP contribution in [0.3, 0.4) is 0 Å². The Morgan fingerprint density at radius 3 is 2.95 bits per heavy atom. The van der Waals surface area contributed by atoms with Gasteiger partial charge >= 0.3 is 5.56 Å². The molecule has 0 aliphatic rings. The van der Waals surface area contributed by atoms with Crippen molar-refractivity contribution in [3.8, 4) is 5.88 Å². The highest BCUT2D eigenvalue weighted by Gasteiger charge is 2.14. The summed E-state index contributed by atoms with van der Waals surface area (Å²) in [5.41, 5.74) is 0.441. The zero-order valence-corrected chi connectivity index (χ0v) is 12.1. The number of amides is 1. The van der Waals surface area contributed by atoms with E-state index in [0.29, 0.717) is 24.3 Å². The summed E-state index contributed by atoms with van der Waals surface area (Å²) in [6.07, 6.45) is 2.39. The lowest BCUT2D eigenvalue weighted by molar-refractivity contribution is -0.121. The molecule has 0 saturated carbocycles. The number of hydrogen-bond acceptors (Lipinski definition) is 5. The highest BCUT2D eigenvalue weighted by atomic mass is 16.5. The Hall–Kier alpha value is -2.44. The van der Waals surface area contributed by atoms with E-state index in [-0.39, 0.29) is 18.3 Å². The zero-order chi connectivity index (χ0) is 15.2. The van der Waals surface area contributed by atoms with Gasteiger partial charge in [0.25, 0.3) is 5.88 Å². The van der Waals surface area contributed by atoms with E-state index < -0.39 is 5.56 Å². The zero-order valence-electron chi connectivity index (χ0n) is 12.1. The Balaban J connectivity index is 2.46. The largest absolute Gasteiger partial charge is 0.474 e. The number of ether oxygens (including phenoxy) is 1. The number of carbonyl (C=O) groups is 1. The van der Waals surface area contributed by atoms with Crippen molar-refractivity contribution in [2.45, 2.75) is 26.8 Å². The minimum atomic E-state index is -0.449. The van der Waals surface area contributed by atoms with Crippen molar-refractivity contribution < 1.29 is 9.53 Å². The monoisotopic (exact) mass is 290 g/mol. The summed E-state index contributed by atoms with van der Waals surface area (Å²) in [5.74, 6) is -0.249. The molecule has 1 N–H and O–H groups in total. The SMILES string of the molecule is CCCNC(=O)Cn1c(=O)c(OCC)nc2cccnc21. The third kappa shape index (κ3) is 3.36. The van der Waals surface area contributed by atoms with Crippen molar-refractivity contribution in [3.05, 3.63) is 28.7 Å². The summed E-state index contributed by atoms with van der Waals surface area (Å²) in [7, 11) is 0. The van der Waals surface area contributed by atoms with E-state index in [4.69, 9.17) is 4.74 Å². The van der Waals surface area contributed by atoms with Gasteiger partial charge < -0.3 is 10.1 Å². The molecule has 0 aromatic carbocycles. The number of fused-ring (bicyclic) bond motifs is 1. The Bertz CT molecular complexity index is 696.